The molecule has 9 aromatic rings. The van der Waals surface area contributed by atoms with E-state index in [4.69, 9.17) is 4.98 Å². The van der Waals surface area contributed by atoms with Gasteiger partial charge in [-0.2, -0.15) is 0 Å². The van der Waals surface area contributed by atoms with Crippen molar-refractivity contribution >= 4 is 27.3 Å². The second-order valence-electron chi connectivity index (χ2n) is 12.9. The van der Waals surface area contributed by atoms with Crippen molar-refractivity contribution in [3.63, 3.8) is 0 Å². The number of fused-ring (bicyclic) bond motifs is 6. The van der Waals surface area contributed by atoms with Crippen molar-refractivity contribution in [1.82, 2.24) is 28.5 Å². The van der Waals surface area contributed by atoms with Crippen molar-refractivity contribution in [3.05, 3.63) is 180 Å². The fourth-order valence-electron chi connectivity index (χ4n) is 6.79. The first kappa shape index (κ1) is 33.2. The first-order valence-corrected chi connectivity index (χ1v) is 17.3. The summed E-state index contributed by atoms with van der Waals surface area (Å²) in [6.45, 7) is 12.6. The predicted octanol–water partition coefficient (Wildman–Crippen LogP) is 10.9. The van der Waals surface area contributed by atoms with Crippen molar-refractivity contribution in [3.8, 4) is 22.6 Å². The maximum Gasteiger partial charge on any atom is 0.146 e. The van der Waals surface area contributed by atoms with Crippen molar-refractivity contribution in [2.45, 2.75) is 41.5 Å². The van der Waals surface area contributed by atoms with Gasteiger partial charge >= 0.3 is 0 Å². The summed E-state index contributed by atoms with van der Waals surface area (Å²) in [4.78, 5) is 13.4. The molecule has 0 aliphatic carbocycles. The number of para-hydroxylation sites is 3. The fourth-order valence-corrected chi connectivity index (χ4v) is 6.79. The standard InChI is InChI=1S/C23H18N2.2C11H12N2/c1-15-9-3-4-10-17(15)22-16(2)25-21-14-8-7-12-19(21)18-11-5-6-13-20(18)23(25)24-22;1-9-5-3-4-6-11(9)13-8-12-7-10(13)2;1-9-5-3-4-6-11(9)13-8-7-12-10(13)2/h3-14H,1-2H3;2*3-8H,1-2H3. The second-order valence-corrected chi connectivity index (χ2v) is 12.9. The van der Waals surface area contributed by atoms with Gasteiger partial charge in [0.2, 0.25) is 0 Å². The van der Waals surface area contributed by atoms with E-state index in [1.165, 1.54) is 61.0 Å². The van der Waals surface area contributed by atoms with Crippen LogP contribution in [0.15, 0.2) is 146 Å². The largest absolute Gasteiger partial charge is 0.304 e. The molecule has 9 rings (SSSR count). The molecule has 5 aromatic carbocycles. The highest BCUT2D eigenvalue weighted by Crippen LogP contribution is 2.34. The minimum Gasteiger partial charge on any atom is -0.304 e. The molecule has 0 N–H and O–H groups in total. The Morgan fingerprint density at radius 2 is 1.10 bits per heavy atom. The summed E-state index contributed by atoms with van der Waals surface area (Å²) in [6, 6.07) is 42.2. The van der Waals surface area contributed by atoms with Crippen LogP contribution in [0.2, 0.25) is 0 Å². The van der Waals surface area contributed by atoms with Crippen LogP contribution in [-0.4, -0.2) is 28.5 Å². The van der Waals surface area contributed by atoms with Crippen LogP contribution in [0.1, 0.15) is 33.9 Å². The molecule has 0 fully saturated rings. The average Bonchev–Trinajstić information content (AvgIpc) is 3.88. The molecule has 4 heterocycles. The Hall–Kier alpha value is -6.27. The van der Waals surface area contributed by atoms with Gasteiger partial charge in [-0.15, -0.1) is 0 Å². The molecule has 0 spiro atoms. The fraction of sp³-hybridized carbons (Fsp3) is 0.133. The van der Waals surface area contributed by atoms with Crippen LogP contribution in [0, 0.1) is 41.5 Å². The van der Waals surface area contributed by atoms with Crippen LogP contribution in [0.5, 0.6) is 0 Å². The van der Waals surface area contributed by atoms with Gasteiger partial charge in [-0.3, -0.25) is 4.40 Å². The molecule has 4 aromatic heterocycles. The third-order valence-electron chi connectivity index (χ3n) is 9.51. The SMILES string of the molecule is Cc1ccccc1-c1nc2c3ccccc3c3ccccc3n2c1C.Cc1ccccc1-n1ccnc1C.Cc1ccccc1-n1cncc1C. The lowest BCUT2D eigenvalue weighted by molar-refractivity contribution is 0.964. The maximum atomic E-state index is 5.08. The summed E-state index contributed by atoms with van der Waals surface area (Å²) in [5.41, 5.74) is 13.1. The molecule has 0 amide bonds. The van der Waals surface area contributed by atoms with E-state index < -0.39 is 0 Å². The zero-order valence-corrected chi connectivity index (χ0v) is 30.0. The highest BCUT2D eigenvalue weighted by molar-refractivity contribution is 6.12. The highest BCUT2D eigenvalue weighted by Gasteiger charge is 2.17. The molecule has 51 heavy (non-hydrogen) atoms. The van der Waals surface area contributed by atoms with Gasteiger partial charge in [0.15, 0.2) is 0 Å². The van der Waals surface area contributed by atoms with Gasteiger partial charge in [-0.25, -0.2) is 15.0 Å². The maximum absolute atomic E-state index is 5.08. The third-order valence-corrected chi connectivity index (χ3v) is 9.51. The van der Waals surface area contributed by atoms with Crippen LogP contribution in [0.4, 0.5) is 0 Å². The predicted molar refractivity (Wildman–Crippen MR) is 211 cm³/mol. The highest BCUT2D eigenvalue weighted by atomic mass is 15.1. The van der Waals surface area contributed by atoms with E-state index in [1.807, 2.05) is 56.1 Å². The van der Waals surface area contributed by atoms with E-state index in [0.717, 1.165) is 22.9 Å². The number of benzene rings is 5. The Kier molecular flexibility index (Phi) is 9.32. The molecule has 6 nitrogen and oxygen atoms in total. The van der Waals surface area contributed by atoms with E-state index >= 15 is 0 Å². The van der Waals surface area contributed by atoms with Gasteiger partial charge in [0.05, 0.1) is 17.5 Å². The van der Waals surface area contributed by atoms with Crippen molar-refractivity contribution in [2.24, 2.45) is 0 Å². The van der Waals surface area contributed by atoms with Gasteiger partial charge in [0.25, 0.3) is 0 Å². The van der Waals surface area contributed by atoms with Crippen LogP contribution >= 0.6 is 0 Å². The summed E-state index contributed by atoms with van der Waals surface area (Å²) in [6.07, 6.45) is 7.52. The van der Waals surface area contributed by atoms with Crippen LogP contribution in [0.25, 0.3) is 50.0 Å². The molecular weight excluding hydrogens is 625 g/mol. The number of pyridine rings is 1. The number of aryl methyl sites for hydroxylation is 6. The van der Waals surface area contributed by atoms with E-state index in [1.54, 1.807) is 0 Å². The summed E-state index contributed by atoms with van der Waals surface area (Å²) < 4.78 is 6.49. The Bertz CT molecular complexity index is 2540. The lowest BCUT2D eigenvalue weighted by Crippen LogP contribution is -1.97. The van der Waals surface area contributed by atoms with Crippen LogP contribution < -0.4 is 0 Å². The van der Waals surface area contributed by atoms with Gasteiger partial charge in [0, 0.05) is 57.7 Å². The zero-order valence-electron chi connectivity index (χ0n) is 30.0. The van der Waals surface area contributed by atoms with E-state index in [2.05, 4.69) is 155 Å². The van der Waals surface area contributed by atoms with Gasteiger partial charge in [-0.05, 0) is 81.8 Å². The Morgan fingerprint density at radius 1 is 0.529 bits per heavy atom. The first-order chi connectivity index (χ1) is 24.8. The molecule has 0 bridgehead atoms. The van der Waals surface area contributed by atoms with Crippen molar-refractivity contribution in [2.75, 3.05) is 0 Å². The topological polar surface area (TPSA) is 52.9 Å². The van der Waals surface area contributed by atoms with E-state index in [9.17, 15) is 0 Å². The molecule has 252 valence electrons. The minimum atomic E-state index is 1.02. The molecule has 0 atom stereocenters. The molecule has 6 heteroatoms. The van der Waals surface area contributed by atoms with Crippen molar-refractivity contribution in [1.29, 1.82) is 0 Å². The lowest BCUT2D eigenvalue weighted by Gasteiger charge is -2.09. The number of nitrogens with zero attached hydrogens (tertiary/aromatic N) is 6. The number of aromatic nitrogens is 6. The molecule has 0 saturated heterocycles. The summed E-state index contributed by atoms with van der Waals surface area (Å²) in [7, 11) is 0. The molecule has 0 aliphatic heterocycles. The molecule has 0 saturated carbocycles. The minimum absolute atomic E-state index is 1.02. The average molecular weight is 667 g/mol. The quantitative estimate of drug-likeness (QED) is 0.176. The molecule has 0 aliphatic rings. The first-order valence-electron chi connectivity index (χ1n) is 17.3. The van der Waals surface area contributed by atoms with Gasteiger partial charge < -0.3 is 9.13 Å². The number of imidazole rings is 3. The van der Waals surface area contributed by atoms with E-state index in [-0.39, 0.29) is 0 Å². The summed E-state index contributed by atoms with van der Waals surface area (Å²) in [5, 5.41) is 3.72. The van der Waals surface area contributed by atoms with Crippen LogP contribution in [-0.2, 0) is 0 Å². The Labute approximate surface area is 299 Å². The number of hydrogen-bond acceptors (Lipinski definition) is 3. The number of rotatable bonds is 3. The lowest BCUT2D eigenvalue weighted by atomic mass is 10.0. The van der Waals surface area contributed by atoms with Gasteiger partial charge in [-0.1, -0.05) is 103 Å². The zero-order chi connectivity index (χ0) is 35.5. The van der Waals surface area contributed by atoms with Crippen LogP contribution in [0.3, 0.4) is 0 Å². The smallest absolute Gasteiger partial charge is 0.146 e. The monoisotopic (exact) mass is 666 g/mol. The summed E-state index contributed by atoms with van der Waals surface area (Å²) >= 11 is 0. The number of hydrogen-bond donors (Lipinski definition) is 0. The van der Waals surface area contributed by atoms with E-state index in [0.29, 0.717) is 0 Å². The van der Waals surface area contributed by atoms with Gasteiger partial charge in [0.1, 0.15) is 11.5 Å². The second kappa shape index (κ2) is 14.3. The third kappa shape index (κ3) is 6.44. The summed E-state index contributed by atoms with van der Waals surface area (Å²) in [5.74, 6) is 1.02. The molecule has 0 radical (unpaired) electrons. The Morgan fingerprint density at radius 3 is 1.71 bits per heavy atom. The van der Waals surface area contributed by atoms with Crippen molar-refractivity contribution < 1.29 is 0 Å². The molecular formula is C45H42N6. The normalized spacial score (nSPS) is 10.9. The molecule has 0 unspecified atom stereocenters. The Balaban J connectivity index is 0.000000132.